The summed E-state index contributed by atoms with van der Waals surface area (Å²) in [7, 11) is 0. The second kappa shape index (κ2) is 8.37. The van der Waals surface area contributed by atoms with E-state index in [-0.39, 0.29) is 23.7 Å². The summed E-state index contributed by atoms with van der Waals surface area (Å²) in [6, 6.07) is 7.91. The Kier molecular flexibility index (Phi) is 6.14. The fourth-order valence-electron chi connectivity index (χ4n) is 3.87. The second-order valence-corrected chi connectivity index (χ2v) is 13.2. The topological polar surface area (TPSA) is 40.6 Å². The van der Waals surface area contributed by atoms with Crippen LogP contribution in [0, 0.1) is 11.8 Å². The van der Waals surface area contributed by atoms with Crippen molar-refractivity contribution in [2.75, 3.05) is 13.1 Å². The van der Waals surface area contributed by atoms with Crippen LogP contribution in [0.4, 0.5) is 0 Å². The number of thiophene rings is 2. The maximum atomic E-state index is 13.7. The molecule has 8 heteroatoms. The maximum absolute atomic E-state index is 13.7. The van der Waals surface area contributed by atoms with Gasteiger partial charge in [0.05, 0.1) is 39.9 Å². The smallest absolute Gasteiger partial charge is 0.261 e. The molecule has 0 aromatic carbocycles. The number of carbonyl (C=O) groups is 2. The van der Waals surface area contributed by atoms with Crippen LogP contribution in [0.15, 0.2) is 43.0 Å². The van der Waals surface area contributed by atoms with E-state index in [1.807, 2.05) is 24.3 Å². The molecule has 0 bridgehead atoms. The van der Waals surface area contributed by atoms with Gasteiger partial charge in [-0.25, -0.2) is 0 Å². The average Bonchev–Trinajstić information content (AvgIpc) is 3.38. The quantitative estimate of drug-likeness (QED) is 0.401. The fourth-order valence-corrected chi connectivity index (χ4v) is 6.76. The van der Waals surface area contributed by atoms with Gasteiger partial charge in [-0.05, 0) is 68.0 Å². The summed E-state index contributed by atoms with van der Waals surface area (Å²) in [5.41, 5.74) is 2.61. The van der Waals surface area contributed by atoms with Crippen molar-refractivity contribution < 1.29 is 9.59 Å². The van der Waals surface area contributed by atoms with Gasteiger partial charge in [0.1, 0.15) is 0 Å². The van der Waals surface area contributed by atoms with Crippen LogP contribution in [0.1, 0.15) is 37.4 Å². The number of amides is 2. The van der Waals surface area contributed by atoms with Crippen molar-refractivity contribution in [3.8, 4) is 0 Å². The lowest BCUT2D eigenvalue weighted by atomic mass is 10.1. The van der Waals surface area contributed by atoms with Gasteiger partial charge in [0.2, 0.25) is 0 Å². The number of fused-ring (bicyclic) bond motifs is 1. The molecule has 2 aromatic rings. The largest absolute Gasteiger partial charge is 0.306 e. The van der Waals surface area contributed by atoms with Crippen LogP contribution in [0.5, 0.6) is 0 Å². The zero-order chi connectivity index (χ0) is 21.7. The Morgan fingerprint density at radius 3 is 1.37 bits per heavy atom. The van der Waals surface area contributed by atoms with Crippen molar-refractivity contribution in [3.05, 3.63) is 52.7 Å². The number of carbonyl (C=O) groups excluding carboxylic acids is 2. The minimum absolute atomic E-state index is 0.0719. The molecular weight excluding hydrogens is 548 g/mol. The van der Waals surface area contributed by atoms with Crippen molar-refractivity contribution >= 4 is 77.7 Å². The SMILES string of the molecule is CC(C)CN1C(=O)C2=C(c3ccc(Br)s3)N(CC(C)C)C(=O)C2=C1c1ccc(Br)s1. The van der Waals surface area contributed by atoms with Crippen LogP contribution in [0.2, 0.25) is 0 Å². The molecule has 0 N–H and O–H groups in total. The normalized spacial score (nSPS) is 16.9. The fraction of sp³-hybridized carbons (Fsp3) is 0.364. The molecule has 158 valence electrons. The molecule has 0 spiro atoms. The standard InChI is InChI=1S/C22H22Br2N2O2S2/c1-11(2)9-25-19(13-5-7-15(23)29-13)17-18(21(25)27)20(14-6-8-16(24)30-14)26(22(17)28)10-12(3)4/h5-8,11-12H,9-10H2,1-4H3. The van der Waals surface area contributed by atoms with E-state index in [1.165, 1.54) is 0 Å². The Morgan fingerprint density at radius 1 is 0.733 bits per heavy atom. The molecule has 2 aromatic heterocycles. The predicted molar refractivity (Wildman–Crippen MR) is 131 cm³/mol. The second-order valence-electron chi connectivity index (χ2n) is 8.27. The molecule has 0 saturated heterocycles. The molecule has 0 aliphatic carbocycles. The van der Waals surface area contributed by atoms with Crippen LogP contribution in [0.3, 0.4) is 0 Å². The van der Waals surface area contributed by atoms with Crippen LogP contribution < -0.4 is 0 Å². The molecule has 0 radical (unpaired) electrons. The zero-order valence-electron chi connectivity index (χ0n) is 17.2. The third-order valence-electron chi connectivity index (χ3n) is 4.89. The van der Waals surface area contributed by atoms with E-state index in [2.05, 4.69) is 59.6 Å². The molecule has 0 unspecified atom stereocenters. The van der Waals surface area contributed by atoms with Gasteiger partial charge in [0, 0.05) is 13.1 Å². The number of hydrogen-bond donors (Lipinski definition) is 0. The van der Waals surface area contributed by atoms with E-state index in [1.54, 1.807) is 32.5 Å². The molecule has 2 amide bonds. The maximum Gasteiger partial charge on any atom is 0.261 e. The number of nitrogens with zero attached hydrogens (tertiary/aromatic N) is 2. The summed E-state index contributed by atoms with van der Waals surface area (Å²) in [6.45, 7) is 9.52. The minimum atomic E-state index is -0.0719. The third-order valence-corrected chi connectivity index (χ3v) is 8.15. The van der Waals surface area contributed by atoms with Crippen LogP contribution in [-0.2, 0) is 9.59 Å². The van der Waals surface area contributed by atoms with Crippen molar-refractivity contribution in [2.24, 2.45) is 11.8 Å². The Balaban J connectivity index is 1.98. The van der Waals surface area contributed by atoms with Crippen molar-refractivity contribution in [2.45, 2.75) is 27.7 Å². The Labute approximate surface area is 201 Å². The molecule has 0 atom stereocenters. The first kappa shape index (κ1) is 22.0. The van der Waals surface area contributed by atoms with E-state index in [0.717, 1.165) is 28.7 Å². The van der Waals surface area contributed by atoms with Gasteiger partial charge in [-0.15, -0.1) is 22.7 Å². The first-order chi connectivity index (χ1) is 14.2. The molecule has 4 nitrogen and oxygen atoms in total. The summed E-state index contributed by atoms with van der Waals surface area (Å²) in [4.78, 5) is 32.9. The van der Waals surface area contributed by atoms with E-state index in [4.69, 9.17) is 0 Å². The number of rotatable bonds is 6. The molecular formula is C22H22Br2N2O2S2. The zero-order valence-corrected chi connectivity index (χ0v) is 22.0. The van der Waals surface area contributed by atoms with Crippen LogP contribution in [0.25, 0.3) is 11.4 Å². The van der Waals surface area contributed by atoms with E-state index in [9.17, 15) is 9.59 Å². The highest BCUT2D eigenvalue weighted by Gasteiger charge is 2.49. The van der Waals surface area contributed by atoms with E-state index < -0.39 is 0 Å². The first-order valence-corrected chi connectivity index (χ1v) is 13.0. The van der Waals surface area contributed by atoms with Gasteiger partial charge in [-0.3, -0.25) is 9.59 Å². The minimum Gasteiger partial charge on any atom is -0.306 e. The highest BCUT2D eigenvalue weighted by Crippen LogP contribution is 2.49. The van der Waals surface area contributed by atoms with E-state index in [0.29, 0.717) is 24.2 Å². The highest BCUT2D eigenvalue weighted by molar-refractivity contribution is 9.11. The summed E-state index contributed by atoms with van der Waals surface area (Å²) < 4.78 is 1.96. The predicted octanol–water partition coefficient (Wildman–Crippen LogP) is 6.45. The van der Waals surface area contributed by atoms with Gasteiger partial charge < -0.3 is 9.80 Å². The van der Waals surface area contributed by atoms with Gasteiger partial charge in [0.25, 0.3) is 11.8 Å². The van der Waals surface area contributed by atoms with E-state index >= 15 is 0 Å². The Bertz CT molecular complexity index is 1010. The van der Waals surface area contributed by atoms with Gasteiger partial charge in [-0.2, -0.15) is 0 Å². The average molecular weight is 570 g/mol. The first-order valence-electron chi connectivity index (χ1n) is 9.83. The third kappa shape index (κ3) is 3.76. The van der Waals surface area contributed by atoms with Crippen molar-refractivity contribution in [3.63, 3.8) is 0 Å². The molecule has 2 aliphatic rings. The summed E-state index contributed by atoms with van der Waals surface area (Å²) in [6.07, 6.45) is 0. The molecule has 4 rings (SSSR count). The monoisotopic (exact) mass is 568 g/mol. The lowest BCUT2D eigenvalue weighted by molar-refractivity contribution is -0.124. The molecule has 30 heavy (non-hydrogen) atoms. The summed E-state index contributed by atoms with van der Waals surface area (Å²) >= 11 is 10.2. The summed E-state index contributed by atoms with van der Waals surface area (Å²) in [5.74, 6) is 0.428. The molecule has 4 heterocycles. The lowest BCUT2D eigenvalue weighted by Gasteiger charge is -2.26. The molecule has 0 fully saturated rings. The highest BCUT2D eigenvalue weighted by atomic mass is 79.9. The Morgan fingerprint density at radius 2 is 1.10 bits per heavy atom. The van der Waals surface area contributed by atoms with Crippen LogP contribution >= 0.6 is 54.5 Å². The van der Waals surface area contributed by atoms with Gasteiger partial charge in [0.15, 0.2) is 0 Å². The molecule has 2 aliphatic heterocycles. The van der Waals surface area contributed by atoms with Crippen molar-refractivity contribution in [1.29, 1.82) is 0 Å². The van der Waals surface area contributed by atoms with Gasteiger partial charge in [-0.1, -0.05) is 27.7 Å². The Hall–Kier alpha value is -1.22. The van der Waals surface area contributed by atoms with Crippen LogP contribution in [-0.4, -0.2) is 34.7 Å². The van der Waals surface area contributed by atoms with Crippen molar-refractivity contribution in [1.82, 2.24) is 9.80 Å². The summed E-state index contributed by atoms with van der Waals surface area (Å²) in [5, 5.41) is 0. The van der Waals surface area contributed by atoms with Gasteiger partial charge >= 0.3 is 0 Å². The number of halogens is 2. The number of hydrogen-bond acceptors (Lipinski definition) is 4. The molecule has 0 saturated carbocycles. The lowest BCUT2D eigenvalue weighted by Crippen LogP contribution is -2.33.